The largest absolute Gasteiger partial charge is 0.481 e. The molecule has 0 aromatic carbocycles. The van der Waals surface area contributed by atoms with Gasteiger partial charge in [0.15, 0.2) is 0 Å². The molecule has 0 aliphatic rings. The highest BCUT2D eigenvalue weighted by molar-refractivity contribution is 5.75. The van der Waals surface area contributed by atoms with Crippen molar-refractivity contribution in [1.82, 2.24) is 5.32 Å². The van der Waals surface area contributed by atoms with Crippen LogP contribution in [0.15, 0.2) is 0 Å². The average molecular weight is 187 g/mol. The van der Waals surface area contributed by atoms with Gasteiger partial charge < -0.3 is 10.4 Å². The summed E-state index contributed by atoms with van der Waals surface area (Å²) in [5.41, 5.74) is -0.339. The van der Waals surface area contributed by atoms with Crippen LogP contribution in [0.2, 0.25) is 0 Å². The summed E-state index contributed by atoms with van der Waals surface area (Å²) in [6.07, 6.45) is 0. The number of carboxylic acids is 1. The molecule has 0 bridgehead atoms. The molecule has 0 rings (SSSR count). The van der Waals surface area contributed by atoms with Crippen molar-refractivity contribution in [2.24, 2.45) is 11.3 Å². The molecule has 1 atom stereocenters. The van der Waals surface area contributed by atoms with Gasteiger partial charge in [0, 0.05) is 13.5 Å². The maximum atomic E-state index is 10.8. The molecule has 1 unspecified atom stereocenters. The highest BCUT2D eigenvalue weighted by Crippen LogP contribution is 2.25. The third kappa shape index (κ3) is 4.50. The first-order valence-electron chi connectivity index (χ1n) is 4.22. The summed E-state index contributed by atoms with van der Waals surface area (Å²) in [5.74, 6) is -1.62. The summed E-state index contributed by atoms with van der Waals surface area (Å²) in [6.45, 7) is 7.09. The normalized spacial score (nSPS) is 13.5. The van der Waals surface area contributed by atoms with E-state index in [0.717, 1.165) is 0 Å². The van der Waals surface area contributed by atoms with E-state index in [1.165, 1.54) is 6.92 Å². The molecule has 0 saturated carbocycles. The Morgan fingerprint density at radius 1 is 1.38 bits per heavy atom. The zero-order valence-electron chi connectivity index (χ0n) is 8.55. The minimum atomic E-state index is -0.874. The number of amides is 1. The molecule has 0 fully saturated rings. The minimum absolute atomic E-state index is 0.189. The van der Waals surface area contributed by atoms with E-state index in [4.69, 9.17) is 5.11 Å². The van der Waals surface area contributed by atoms with E-state index < -0.39 is 11.9 Å². The van der Waals surface area contributed by atoms with Crippen molar-refractivity contribution >= 4 is 11.9 Å². The summed E-state index contributed by atoms with van der Waals surface area (Å²) < 4.78 is 0. The number of carbonyl (C=O) groups is 2. The van der Waals surface area contributed by atoms with Gasteiger partial charge in [-0.05, 0) is 5.41 Å². The maximum absolute atomic E-state index is 10.8. The van der Waals surface area contributed by atoms with E-state index in [0.29, 0.717) is 0 Å². The minimum Gasteiger partial charge on any atom is -0.481 e. The molecule has 0 aromatic rings. The van der Waals surface area contributed by atoms with Gasteiger partial charge in [-0.1, -0.05) is 20.8 Å². The van der Waals surface area contributed by atoms with Gasteiger partial charge in [0.25, 0.3) is 0 Å². The van der Waals surface area contributed by atoms with Crippen LogP contribution in [0.3, 0.4) is 0 Å². The Bertz CT molecular complexity index is 205. The molecule has 76 valence electrons. The molecule has 2 N–H and O–H groups in total. The smallest absolute Gasteiger partial charge is 0.308 e. The zero-order valence-corrected chi connectivity index (χ0v) is 8.55. The van der Waals surface area contributed by atoms with Crippen LogP contribution in [0.5, 0.6) is 0 Å². The molecule has 13 heavy (non-hydrogen) atoms. The lowest BCUT2D eigenvalue weighted by Gasteiger charge is -2.26. The third-order valence-corrected chi connectivity index (χ3v) is 1.90. The number of carboxylic acid groups (broad SMARTS) is 1. The Morgan fingerprint density at radius 2 is 1.85 bits per heavy atom. The van der Waals surface area contributed by atoms with Gasteiger partial charge in [-0.2, -0.15) is 0 Å². The number of hydrogen-bond donors (Lipinski definition) is 2. The fourth-order valence-corrected chi connectivity index (χ4v) is 1.01. The molecular formula is C9H17NO3. The summed E-state index contributed by atoms with van der Waals surface area (Å²) in [6, 6.07) is 0. The van der Waals surface area contributed by atoms with Crippen LogP contribution in [-0.4, -0.2) is 23.5 Å². The van der Waals surface area contributed by atoms with Gasteiger partial charge >= 0.3 is 5.97 Å². The van der Waals surface area contributed by atoms with Gasteiger partial charge in [-0.3, -0.25) is 9.59 Å². The van der Waals surface area contributed by atoms with Crippen LogP contribution in [0.1, 0.15) is 27.7 Å². The molecule has 0 saturated heterocycles. The molecule has 0 aliphatic heterocycles. The molecule has 4 heteroatoms. The predicted molar refractivity (Wildman–Crippen MR) is 49.3 cm³/mol. The molecule has 0 heterocycles. The standard InChI is InChI=1S/C9H17NO3/c1-6(11)10-5-7(8(12)13)9(2,3)4/h7H,5H2,1-4H3,(H,10,11)(H,12,13). The van der Waals surface area contributed by atoms with Crippen LogP contribution in [0.25, 0.3) is 0 Å². The fourth-order valence-electron chi connectivity index (χ4n) is 1.01. The Hall–Kier alpha value is -1.06. The lowest BCUT2D eigenvalue weighted by molar-refractivity contribution is -0.145. The van der Waals surface area contributed by atoms with Crippen molar-refractivity contribution < 1.29 is 14.7 Å². The number of carbonyl (C=O) groups excluding carboxylic acids is 1. The molecule has 0 spiro atoms. The third-order valence-electron chi connectivity index (χ3n) is 1.90. The fraction of sp³-hybridized carbons (Fsp3) is 0.778. The molecule has 4 nitrogen and oxygen atoms in total. The molecule has 0 aliphatic carbocycles. The number of aliphatic carboxylic acids is 1. The first kappa shape index (κ1) is 11.9. The summed E-state index contributed by atoms with van der Waals surface area (Å²) in [4.78, 5) is 21.4. The van der Waals surface area contributed by atoms with E-state index >= 15 is 0 Å². The Labute approximate surface area is 78.3 Å². The van der Waals surface area contributed by atoms with Crippen LogP contribution < -0.4 is 5.32 Å². The maximum Gasteiger partial charge on any atom is 0.308 e. The number of rotatable bonds is 3. The topological polar surface area (TPSA) is 66.4 Å². The van der Waals surface area contributed by atoms with Crippen LogP contribution in [-0.2, 0) is 9.59 Å². The lowest BCUT2D eigenvalue weighted by Crippen LogP contribution is -2.38. The van der Waals surface area contributed by atoms with E-state index in [2.05, 4.69) is 5.32 Å². The second kappa shape index (κ2) is 4.25. The van der Waals surface area contributed by atoms with Gasteiger partial charge in [-0.25, -0.2) is 0 Å². The van der Waals surface area contributed by atoms with Crippen LogP contribution >= 0.6 is 0 Å². The van der Waals surface area contributed by atoms with Gasteiger partial charge in [0.2, 0.25) is 5.91 Å². The molecular weight excluding hydrogens is 170 g/mol. The van der Waals surface area contributed by atoms with Crippen molar-refractivity contribution in [3.8, 4) is 0 Å². The average Bonchev–Trinajstić information content (AvgIpc) is 1.81. The summed E-state index contributed by atoms with van der Waals surface area (Å²) in [5, 5.41) is 11.4. The predicted octanol–water partition coefficient (Wildman–Crippen LogP) is 0.869. The summed E-state index contributed by atoms with van der Waals surface area (Å²) >= 11 is 0. The monoisotopic (exact) mass is 187 g/mol. The molecule has 0 aromatic heterocycles. The van der Waals surface area contributed by atoms with E-state index in [-0.39, 0.29) is 17.9 Å². The zero-order chi connectivity index (χ0) is 10.6. The first-order chi connectivity index (χ1) is 5.75. The van der Waals surface area contributed by atoms with E-state index in [1.807, 2.05) is 20.8 Å². The van der Waals surface area contributed by atoms with Crippen LogP contribution in [0, 0.1) is 11.3 Å². The van der Waals surface area contributed by atoms with Gasteiger partial charge in [0.05, 0.1) is 5.92 Å². The number of nitrogens with one attached hydrogen (secondary N) is 1. The van der Waals surface area contributed by atoms with Gasteiger partial charge in [-0.15, -0.1) is 0 Å². The highest BCUT2D eigenvalue weighted by atomic mass is 16.4. The lowest BCUT2D eigenvalue weighted by atomic mass is 9.81. The summed E-state index contributed by atoms with van der Waals surface area (Å²) in [7, 11) is 0. The second-order valence-electron chi connectivity index (χ2n) is 4.19. The van der Waals surface area contributed by atoms with Crippen molar-refractivity contribution in [2.75, 3.05) is 6.54 Å². The first-order valence-corrected chi connectivity index (χ1v) is 4.22. The number of hydrogen-bond acceptors (Lipinski definition) is 2. The van der Waals surface area contributed by atoms with E-state index in [1.54, 1.807) is 0 Å². The van der Waals surface area contributed by atoms with Crippen molar-refractivity contribution in [1.29, 1.82) is 0 Å². The van der Waals surface area contributed by atoms with E-state index in [9.17, 15) is 9.59 Å². The van der Waals surface area contributed by atoms with Crippen molar-refractivity contribution in [2.45, 2.75) is 27.7 Å². The van der Waals surface area contributed by atoms with Crippen molar-refractivity contribution in [3.05, 3.63) is 0 Å². The quantitative estimate of drug-likeness (QED) is 0.689. The van der Waals surface area contributed by atoms with Crippen LogP contribution in [0.4, 0.5) is 0 Å². The van der Waals surface area contributed by atoms with Gasteiger partial charge in [0.1, 0.15) is 0 Å². The Morgan fingerprint density at radius 3 is 2.08 bits per heavy atom. The van der Waals surface area contributed by atoms with Crippen molar-refractivity contribution in [3.63, 3.8) is 0 Å². The highest BCUT2D eigenvalue weighted by Gasteiger charge is 2.30. The Kier molecular flexibility index (Phi) is 3.91. The second-order valence-corrected chi connectivity index (χ2v) is 4.19. The molecule has 1 amide bonds. The SMILES string of the molecule is CC(=O)NCC(C(=O)O)C(C)(C)C. The Balaban J connectivity index is 4.28. The molecule has 0 radical (unpaired) electrons.